The Morgan fingerprint density at radius 3 is 2.46 bits per heavy atom. The lowest BCUT2D eigenvalue weighted by Gasteiger charge is -2.19. The van der Waals surface area contributed by atoms with Crippen LogP contribution in [0.4, 0.5) is 0 Å². The van der Waals surface area contributed by atoms with Gasteiger partial charge in [0.05, 0.1) is 6.04 Å². The van der Waals surface area contributed by atoms with Crippen molar-refractivity contribution in [2.45, 2.75) is 44.2 Å². The fraction of sp³-hybridized carbons (Fsp3) is 0.318. The van der Waals surface area contributed by atoms with Crippen molar-refractivity contribution in [1.82, 2.24) is 5.32 Å². The molecule has 122 valence electrons. The Hall–Kier alpha value is -2.19. The number of ketones is 1. The zero-order chi connectivity index (χ0) is 16.5. The Morgan fingerprint density at radius 2 is 1.79 bits per heavy atom. The lowest BCUT2D eigenvalue weighted by atomic mass is 9.85. The van der Waals surface area contributed by atoms with Crippen LogP contribution < -0.4 is 5.32 Å². The monoisotopic (exact) mass is 317 g/mol. The van der Waals surface area contributed by atoms with Crippen molar-refractivity contribution in [2.75, 3.05) is 0 Å². The van der Waals surface area contributed by atoms with Gasteiger partial charge in [0.15, 0.2) is 5.78 Å². The van der Waals surface area contributed by atoms with Crippen molar-refractivity contribution in [3.05, 3.63) is 83.0 Å². The molecule has 0 bridgehead atoms. The van der Waals surface area contributed by atoms with E-state index in [1.165, 1.54) is 16.7 Å². The molecule has 1 aliphatic heterocycles. The largest absolute Gasteiger partial charge is 0.300 e. The normalized spacial score (nSPS) is 28.3. The van der Waals surface area contributed by atoms with E-state index in [0.29, 0.717) is 6.04 Å². The molecular formula is C22H23NO. The third-order valence-corrected chi connectivity index (χ3v) is 5.40. The summed E-state index contributed by atoms with van der Waals surface area (Å²) in [6, 6.07) is 8.86. The molecule has 0 aromatic heterocycles. The minimum absolute atomic E-state index is 0.120. The molecule has 1 N–H and O–H groups in total. The molecule has 3 atom stereocenters. The van der Waals surface area contributed by atoms with Gasteiger partial charge in [0.25, 0.3) is 0 Å². The third-order valence-electron chi connectivity index (χ3n) is 5.40. The van der Waals surface area contributed by atoms with E-state index in [1.54, 1.807) is 0 Å². The molecule has 24 heavy (non-hydrogen) atoms. The molecule has 3 unspecified atom stereocenters. The summed E-state index contributed by atoms with van der Waals surface area (Å²) < 4.78 is 0. The number of allylic oxidation sites excluding steroid dienone is 6. The Kier molecular flexibility index (Phi) is 4.07. The standard InChI is InChI=1S/C22H23NO/c1-15-10-12-16(13-11-15)19-14-20(17-6-2-3-7-17)23-21(19)22(24)18-8-4-5-9-18/h2-6,8,10-13,19-21,23H,7,9,14H2,1H3. The van der Waals surface area contributed by atoms with Gasteiger partial charge in [-0.05, 0) is 37.3 Å². The minimum atomic E-state index is -0.120. The van der Waals surface area contributed by atoms with Crippen LogP contribution in [-0.2, 0) is 4.79 Å². The van der Waals surface area contributed by atoms with Gasteiger partial charge in [-0.2, -0.15) is 0 Å². The van der Waals surface area contributed by atoms with E-state index in [-0.39, 0.29) is 17.7 Å². The number of carbonyl (C=O) groups is 1. The highest BCUT2D eigenvalue weighted by molar-refractivity contribution is 6.01. The van der Waals surface area contributed by atoms with E-state index in [2.05, 4.69) is 60.8 Å². The predicted molar refractivity (Wildman–Crippen MR) is 97.9 cm³/mol. The van der Waals surface area contributed by atoms with E-state index in [1.807, 2.05) is 12.2 Å². The fourth-order valence-corrected chi connectivity index (χ4v) is 4.00. The summed E-state index contributed by atoms with van der Waals surface area (Å²) in [5.41, 5.74) is 4.87. The van der Waals surface area contributed by atoms with Crippen molar-refractivity contribution in [1.29, 1.82) is 0 Å². The topological polar surface area (TPSA) is 29.1 Å². The maximum Gasteiger partial charge on any atom is 0.176 e. The van der Waals surface area contributed by atoms with Gasteiger partial charge in [-0.1, -0.05) is 66.3 Å². The number of nitrogens with one attached hydrogen (secondary N) is 1. The number of hydrogen-bond acceptors (Lipinski definition) is 2. The highest BCUT2D eigenvalue weighted by Crippen LogP contribution is 2.37. The number of benzene rings is 1. The van der Waals surface area contributed by atoms with Gasteiger partial charge in [-0.15, -0.1) is 0 Å². The summed E-state index contributed by atoms with van der Waals surface area (Å²) in [6.07, 6.45) is 15.3. The van der Waals surface area contributed by atoms with Crippen LogP contribution in [0.1, 0.15) is 36.3 Å². The van der Waals surface area contributed by atoms with E-state index in [9.17, 15) is 4.79 Å². The van der Waals surface area contributed by atoms with Crippen LogP contribution >= 0.6 is 0 Å². The van der Waals surface area contributed by atoms with Gasteiger partial charge >= 0.3 is 0 Å². The summed E-state index contributed by atoms with van der Waals surface area (Å²) in [6.45, 7) is 2.10. The number of rotatable bonds is 4. The Bertz CT molecular complexity index is 764. The van der Waals surface area contributed by atoms with Crippen molar-refractivity contribution in [3.8, 4) is 0 Å². The number of carbonyl (C=O) groups excluding carboxylic acids is 1. The second-order valence-electron chi connectivity index (χ2n) is 7.01. The highest BCUT2D eigenvalue weighted by atomic mass is 16.1. The second kappa shape index (κ2) is 6.37. The molecule has 2 heteroatoms. The quantitative estimate of drug-likeness (QED) is 0.904. The Labute approximate surface area is 143 Å². The summed E-state index contributed by atoms with van der Waals surface area (Å²) in [4.78, 5) is 13.1. The minimum Gasteiger partial charge on any atom is -0.300 e. The number of aryl methyl sites for hydroxylation is 1. The first-order chi connectivity index (χ1) is 11.7. The molecule has 0 saturated carbocycles. The molecule has 0 amide bonds. The van der Waals surface area contributed by atoms with Crippen LogP contribution in [0.15, 0.2) is 71.9 Å². The molecule has 2 nitrogen and oxygen atoms in total. The van der Waals surface area contributed by atoms with E-state index in [0.717, 1.165) is 24.8 Å². The van der Waals surface area contributed by atoms with Crippen LogP contribution in [0, 0.1) is 6.92 Å². The maximum absolute atomic E-state index is 13.1. The first-order valence-electron chi connectivity index (χ1n) is 8.80. The fourth-order valence-electron chi connectivity index (χ4n) is 4.00. The average Bonchev–Trinajstić information content (AvgIpc) is 3.34. The van der Waals surface area contributed by atoms with Gasteiger partial charge in [0.1, 0.15) is 0 Å². The Morgan fingerprint density at radius 1 is 1.04 bits per heavy atom. The van der Waals surface area contributed by atoms with E-state index >= 15 is 0 Å². The molecule has 1 aromatic carbocycles. The SMILES string of the molecule is Cc1ccc(C2CC(C3=CC=CC3)NC2C(=O)C2=CC=CC2)cc1. The Balaban J connectivity index is 1.62. The molecule has 1 fully saturated rings. The first kappa shape index (κ1) is 15.3. The van der Waals surface area contributed by atoms with Crippen LogP contribution in [0.2, 0.25) is 0 Å². The lowest BCUT2D eigenvalue weighted by Crippen LogP contribution is -2.39. The molecule has 1 heterocycles. The predicted octanol–water partition coefficient (Wildman–Crippen LogP) is 4.15. The van der Waals surface area contributed by atoms with Crippen LogP contribution in [0.25, 0.3) is 0 Å². The van der Waals surface area contributed by atoms with E-state index in [4.69, 9.17) is 0 Å². The summed E-state index contributed by atoms with van der Waals surface area (Å²) in [5.74, 6) is 0.505. The average molecular weight is 317 g/mol. The summed E-state index contributed by atoms with van der Waals surface area (Å²) in [7, 11) is 0. The molecule has 1 aromatic rings. The third kappa shape index (κ3) is 2.83. The number of hydrogen-bond donors (Lipinski definition) is 1. The van der Waals surface area contributed by atoms with Crippen molar-refractivity contribution < 1.29 is 4.79 Å². The molecule has 4 rings (SSSR count). The lowest BCUT2D eigenvalue weighted by molar-refractivity contribution is -0.117. The number of Topliss-reactive ketones (excluding diaryl/α,β-unsaturated/α-hetero) is 1. The summed E-state index contributed by atoms with van der Waals surface area (Å²) in [5, 5.41) is 3.65. The summed E-state index contributed by atoms with van der Waals surface area (Å²) >= 11 is 0. The first-order valence-corrected chi connectivity index (χ1v) is 8.80. The molecule has 1 saturated heterocycles. The van der Waals surface area contributed by atoms with Gasteiger partial charge in [0, 0.05) is 17.5 Å². The van der Waals surface area contributed by atoms with Crippen molar-refractivity contribution in [2.24, 2.45) is 0 Å². The van der Waals surface area contributed by atoms with Crippen LogP contribution in [0.3, 0.4) is 0 Å². The molecule has 2 aliphatic carbocycles. The van der Waals surface area contributed by atoms with Crippen LogP contribution in [-0.4, -0.2) is 17.9 Å². The second-order valence-corrected chi connectivity index (χ2v) is 7.01. The van der Waals surface area contributed by atoms with Crippen LogP contribution in [0.5, 0.6) is 0 Å². The van der Waals surface area contributed by atoms with Gasteiger partial charge in [0.2, 0.25) is 0 Å². The van der Waals surface area contributed by atoms with E-state index < -0.39 is 0 Å². The zero-order valence-electron chi connectivity index (χ0n) is 14.0. The van der Waals surface area contributed by atoms with Gasteiger partial charge in [-0.3, -0.25) is 4.79 Å². The molecule has 3 aliphatic rings. The smallest absolute Gasteiger partial charge is 0.176 e. The van der Waals surface area contributed by atoms with Crippen molar-refractivity contribution >= 4 is 5.78 Å². The molecule has 0 radical (unpaired) electrons. The van der Waals surface area contributed by atoms with Gasteiger partial charge in [-0.25, -0.2) is 0 Å². The molecular weight excluding hydrogens is 294 g/mol. The van der Waals surface area contributed by atoms with Gasteiger partial charge < -0.3 is 5.32 Å². The van der Waals surface area contributed by atoms with Crippen molar-refractivity contribution in [3.63, 3.8) is 0 Å². The zero-order valence-corrected chi connectivity index (χ0v) is 14.0. The maximum atomic E-state index is 13.1. The highest BCUT2D eigenvalue weighted by Gasteiger charge is 2.40. The molecule has 0 spiro atoms.